The number of amidine groups is 1. The normalized spacial score (nSPS) is 22.2. The van der Waals surface area contributed by atoms with E-state index >= 15 is 0 Å². The highest BCUT2D eigenvalue weighted by atomic mass is 32.2. The van der Waals surface area contributed by atoms with Crippen LogP contribution in [0, 0.1) is 5.92 Å². The van der Waals surface area contributed by atoms with Gasteiger partial charge in [0.15, 0.2) is 5.17 Å². The molecule has 1 saturated heterocycles. The summed E-state index contributed by atoms with van der Waals surface area (Å²) in [7, 11) is 0. The van der Waals surface area contributed by atoms with Crippen molar-refractivity contribution in [3.8, 4) is 0 Å². The van der Waals surface area contributed by atoms with Gasteiger partial charge in [0.25, 0.3) is 0 Å². The monoisotopic (exact) mass is 257 g/mol. The summed E-state index contributed by atoms with van der Waals surface area (Å²) < 4.78 is 0. The molecule has 0 bridgehead atoms. The number of rotatable bonds is 5. The van der Waals surface area contributed by atoms with Crippen molar-refractivity contribution in [1.82, 2.24) is 10.6 Å². The maximum atomic E-state index is 11.4. The van der Waals surface area contributed by atoms with Crippen LogP contribution in [0.4, 0.5) is 0 Å². The molecule has 1 rings (SSSR count). The molecule has 0 saturated carbocycles. The van der Waals surface area contributed by atoms with Crippen molar-refractivity contribution in [3.05, 3.63) is 0 Å². The van der Waals surface area contributed by atoms with Crippen LogP contribution in [-0.2, 0) is 4.79 Å². The summed E-state index contributed by atoms with van der Waals surface area (Å²) in [5.74, 6) is 1.78. The van der Waals surface area contributed by atoms with Crippen molar-refractivity contribution in [2.75, 3.05) is 12.3 Å². The Balaban J connectivity index is 2.24. The first kappa shape index (κ1) is 14.4. The lowest BCUT2D eigenvalue weighted by molar-refractivity contribution is -0.121. The Morgan fingerprint density at radius 1 is 1.53 bits per heavy atom. The van der Waals surface area contributed by atoms with E-state index in [1.165, 1.54) is 0 Å². The van der Waals surface area contributed by atoms with Crippen LogP contribution in [0.2, 0.25) is 0 Å². The van der Waals surface area contributed by atoms with Crippen molar-refractivity contribution in [2.24, 2.45) is 10.9 Å². The number of aliphatic imine (C=N–C) groups is 1. The highest BCUT2D eigenvalue weighted by Gasteiger charge is 2.22. The Morgan fingerprint density at radius 3 is 2.76 bits per heavy atom. The van der Waals surface area contributed by atoms with E-state index in [1.54, 1.807) is 11.8 Å². The Hall–Kier alpha value is -0.710. The van der Waals surface area contributed by atoms with E-state index in [1.807, 2.05) is 13.8 Å². The summed E-state index contributed by atoms with van der Waals surface area (Å²) in [5.41, 5.74) is 0. The largest absolute Gasteiger partial charge is 0.361 e. The molecule has 0 radical (unpaired) electrons. The average molecular weight is 257 g/mol. The van der Waals surface area contributed by atoms with Crippen molar-refractivity contribution in [2.45, 2.75) is 46.2 Å². The fourth-order valence-corrected chi connectivity index (χ4v) is 2.74. The topological polar surface area (TPSA) is 53.5 Å². The van der Waals surface area contributed by atoms with Gasteiger partial charge in [-0.1, -0.05) is 25.6 Å². The van der Waals surface area contributed by atoms with Gasteiger partial charge in [0.2, 0.25) is 5.91 Å². The highest BCUT2D eigenvalue weighted by Crippen LogP contribution is 2.18. The molecule has 0 aliphatic carbocycles. The third kappa shape index (κ3) is 5.44. The third-order valence-corrected chi connectivity index (χ3v) is 3.60. The number of hydrogen-bond acceptors (Lipinski definition) is 3. The van der Waals surface area contributed by atoms with Crippen molar-refractivity contribution < 1.29 is 4.79 Å². The first-order chi connectivity index (χ1) is 7.99. The lowest BCUT2D eigenvalue weighted by Crippen LogP contribution is -2.32. The number of nitrogens with zero attached hydrogens (tertiary/aromatic N) is 1. The molecule has 0 aromatic heterocycles. The minimum atomic E-state index is 0.0766. The van der Waals surface area contributed by atoms with Crippen LogP contribution in [0.25, 0.3) is 0 Å². The van der Waals surface area contributed by atoms with Gasteiger partial charge in [-0.2, -0.15) is 0 Å². The lowest BCUT2D eigenvalue weighted by atomic mass is 10.1. The van der Waals surface area contributed by atoms with Gasteiger partial charge in [-0.3, -0.25) is 9.79 Å². The molecule has 0 unspecified atom stereocenters. The van der Waals surface area contributed by atoms with E-state index < -0.39 is 0 Å². The summed E-state index contributed by atoms with van der Waals surface area (Å²) in [6.45, 7) is 8.91. The molecule has 0 aromatic rings. The summed E-state index contributed by atoms with van der Waals surface area (Å²) in [6, 6.07) is 0.725. The minimum absolute atomic E-state index is 0.0766. The number of thioether (sulfide) groups is 1. The molecule has 1 amide bonds. The predicted molar refractivity (Wildman–Crippen MR) is 74.4 cm³/mol. The van der Waals surface area contributed by atoms with Crippen molar-refractivity contribution >= 4 is 22.8 Å². The molecule has 4 nitrogen and oxygen atoms in total. The van der Waals surface area contributed by atoms with Crippen LogP contribution in [0.3, 0.4) is 0 Å². The van der Waals surface area contributed by atoms with E-state index in [2.05, 4.69) is 29.5 Å². The summed E-state index contributed by atoms with van der Waals surface area (Å²) in [5, 5.41) is 7.23. The lowest BCUT2D eigenvalue weighted by Gasteiger charge is -2.13. The van der Waals surface area contributed by atoms with Crippen LogP contribution in [0.1, 0.15) is 34.1 Å². The van der Waals surface area contributed by atoms with Gasteiger partial charge in [-0.05, 0) is 19.8 Å². The molecule has 1 aliphatic heterocycles. The smallest absolute Gasteiger partial charge is 0.222 e. The third-order valence-electron chi connectivity index (χ3n) is 2.56. The molecular formula is C12H23N3OS. The molecule has 1 heterocycles. The number of carbonyl (C=O) groups excluding carboxylic acids is 1. The summed E-state index contributed by atoms with van der Waals surface area (Å²) in [6.07, 6.45) is 0.469. The molecule has 0 spiro atoms. The van der Waals surface area contributed by atoms with E-state index in [9.17, 15) is 4.79 Å². The van der Waals surface area contributed by atoms with E-state index in [4.69, 9.17) is 0 Å². The first-order valence-electron chi connectivity index (χ1n) is 6.22. The van der Waals surface area contributed by atoms with Crippen LogP contribution in [-0.4, -0.2) is 35.5 Å². The second-order valence-corrected chi connectivity index (χ2v) is 5.97. The number of amides is 1. The molecule has 5 heteroatoms. The quantitative estimate of drug-likeness (QED) is 0.787. The van der Waals surface area contributed by atoms with Gasteiger partial charge in [0.05, 0.1) is 6.54 Å². The Labute approximate surface area is 108 Å². The summed E-state index contributed by atoms with van der Waals surface area (Å²) in [4.78, 5) is 15.8. The second-order valence-electron chi connectivity index (χ2n) is 4.96. The molecule has 1 fully saturated rings. The molecule has 17 heavy (non-hydrogen) atoms. The molecule has 2 N–H and O–H groups in total. The second kappa shape index (κ2) is 6.89. The molecule has 98 valence electrons. The summed E-state index contributed by atoms with van der Waals surface area (Å²) >= 11 is 1.75. The van der Waals surface area contributed by atoms with Gasteiger partial charge in [-0.15, -0.1) is 0 Å². The van der Waals surface area contributed by atoms with E-state index in [0.29, 0.717) is 24.9 Å². The Morgan fingerprint density at radius 2 is 2.24 bits per heavy atom. The van der Waals surface area contributed by atoms with Gasteiger partial charge in [-0.25, -0.2) is 0 Å². The maximum Gasteiger partial charge on any atom is 0.222 e. The fourth-order valence-electron chi connectivity index (χ4n) is 1.51. The zero-order chi connectivity index (χ0) is 12.8. The Bertz CT molecular complexity index is 289. The molecule has 0 aromatic carbocycles. The molecule has 1 aliphatic rings. The average Bonchev–Trinajstić information content (AvgIpc) is 2.65. The van der Waals surface area contributed by atoms with Crippen molar-refractivity contribution in [1.29, 1.82) is 0 Å². The Kier molecular flexibility index (Phi) is 5.82. The maximum absolute atomic E-state index is 11.4. The minimum Gasteiger partial charge on any atom is -0.361 e. The van der Waals surface area contributed by atoms with Gasteiger partial charge >= 0.3 is 0 Å². The standard InChI is InChI=1S/C12H23N3OS/c1-8(2)10-7-17-12(15-10)13-6-5-11(16)14-9(3)4/h8-10H,5-7H2,1-4H3,(H,13,15)(H,14,16)/t10-/m1/s1. The highest BCUT2D eigenvalue weighted by molar-refractivity contribution is 8.14. The number of carbonyl (C=O) groups is 1. The van der Waals surface area contributed by atoms with Gasteiger partial charge in [0, 0.05) is 24.3 Å². The van der Waals surface area contributed by atoms with Crippen LogP contribution >= 0.6 is 11.8 Å². The van der Waals surface area contributed by atoms with Gasteiger partial charge in [0.1, 0.15) is 0 Å². The number of hydrogen-bond donors (Lipinski definition) is 2. The van der Waals surface area contributed by atoms with Crippen LogP contribution in [0.15, 0.2) is 4.99 Å². The van der Waals surface area contributed by atoms with Crippen LogP contribution < -0.4 is 10.6 Å². The first-order valence-corrected chi connectivity index (χ1v) is 7.20. The molecular weight excluding hydrogens is 234 g/mol. The zero-order valence-corrected chi connectivity index (χ0v) is 11.9. The molecule has 1 atom stereocenters. The van der Waals surface area contributed by atoms with Crippen molar-refractivity contribution in [3.63, 3.8) is 0 Å². The predicted octanol–water partition coefficient (Wildman–Crippen LogP) is 1.62. The van der Waals surface area contributed by atoms with E-state index in [0.717, 1.165) is 10.9 Å². The SMILES string of the molecule is CC(C)NC(=O)CCN=C1N[C@@H](C(C)C)CS1. The van der Waals surface area contributed by atoms with Crippen LogP contribution in [0.5, 0.6) is 0 Å². The number of nitrogens with one attached hydrogen (secondary N) is 2. The zero-order valence-electron chi connectivity index (χ0n) is 11.1. The van der Waals surface area contributed by atoms with Gasteiger partial charge < -0.3 is 10.6 Å². The fraction of sp³-hybridized carbons (Fsp3) is 0.833. The van der Waals surface area contributed by atoms with E-state index in [-0.39, 0.29) is 11.9 Å².